The number of carbonyl (C=O) groups excluding carboxylic acids is 1. The van der Waals surface area contributed by atoms with Crippen LogP contribution in [0.2, 0.25) is 0 Å². The number of carbonyl (C=O) groups is 1. The minimum atomic E-state index is -0.426. The van der Waals surface area contributed by atoms with Crippen molar-refractivity contribution in [3.05, 3.63) is 29.8 Å². The van der Waals surface area contributed by atoms with Crippen LogP contribution in [0.3, 0.4) is 0 Å². The Labute approximate surface area is 120 Å². The molecule has 2 rings (SSSR count). The van der Waals surface area contributed by atoms with Crippen LogP contribution in [0.25, 0.3) is 0 Å². The first kappa shape index (κ1) is 14.5. The molecule has 110 valence electrons. The summed E-state index contributed by atoms with van der Waals surface area (Å²) in [5, 5.41) is 0. The lowest BCUT2D eigenvalue weighted by Gasteiger charge is -2.06. The lowest BCUT2D eigenvalue weighted by Crippen LogP contribution is -2.02. The highest BCUT2D eigenvalue weighted by Gasteiger charge is 2.10. The molecule has 0 unspecified atom stereocenters. The largest absolute Gasteiger partial charge is 0.467 e. The summed E-state index contributed by atoms with van der Waals surface area (Å²) in [6.45, 7) is 0. The second kappa shape index (κ2) is 6.51. The lowest BCUT2D eigenvalue weighted by molar-refractivity contribution is 0.0600. The van der Waals surface area contributed by atoms with Crippen molar-refractivity contribution < 1.29 is 23.7 Å². The molecule has 1 heterocycles. The van der Waals surface area contributed by atoms with Gasteiger partial charge < -0.3 is 18.9 Å². The van der Waals surface area contributed by atoms with E-state index in [1.54, 1.807) is 24.3 Å². The Morgan fingerprint density at radius 2 is 1.38 bits per heavy atom. The topological polar surface area (TPSA) is 92.7 Å². The van der Waals surface area contributed by atoms with Gasteiger partial charge in [0.15, 0.2) is 0 Å². The molecule has 21 heavy (non-hydrogen) atoms. The fraction of sp³-hybridized carbons (Fsp3) is 0.231. The molecule has 0 saturated carbocycles. The third-order valence-electron chi connectivity index (χ3n) is 2.42. The molecule has 2 aromatic rings. The molecule has 0 atom stereocenters. The van der Waals surface area contributed by atoms with Crippen molar-refractivity contribution >= 4 is 5.97 Å². The van der Waals surface area contributed by atoms with Crippen LogP contribution in [0.5, 0.6) is 23.8 Å². The van der Waals surface area contributed by atoms with Crippen molar-refractivity contribution in [3.8, 4) is 23.8 Å². The third kappa shape index (κ3) is 3.56. The second-order valence-electron chi connectivity index (χ2n) is 3.71. The number of rotatable bonds is 5. The number of aromatic nitrogens is 3. The van der Waals surface area contributed by atoms with Crippen molar-refractivity contribution in [2.24, 2.45) is 0 Å². The molecular formula is C13H13N3O5. The van der Waals surface area contributed by atoms with Crippen molar-refractivity contribution in [2.45, 2.75) is 0 Å². The maximum Gasteiger partial charge on any atom is 0.337 e. The first-order chi connectivity index (χ1) is 10.2. The maximum absolute atomic E-state index is 11.3. The summed E-state index contributed by atoms with van der Waals surface area (Å²) in [5.74, 6) is 0.0167. The maximum atomic E-state index is 11.3. The predicted octanol–water partition coefficient (Wildman–Crippen LogP) is 1.47. The predicted molar refractivity (Wildman–Crippen MR) is 70.8 cm³/mol. The average Bonchev–Trinajstić information content (AvgIpc) is 2.54. The van der Waals surface area contributed by atoms with Crippen molar-refractivity contribution in [1.29, 1.82) is 0 Å². The minimum absolute atomic E-state index is 0.0181. The second-order valence-corrected chi connectivity index (χ2v) is 3.71. The lowest BCUT2D eigenvalue weighted by atomic mass is 10.2. The Morgan fingerprint density at radius 1 is 0.857 bits per heavy atom. The van der Waals surface area contributed by atoms with Gasteiger partial charge in [0.1, 0.15) is 5.75 Å². The Morgan fingerprint density at radius 3 is 1.86 bits per heavy atom. The molecule has 0 fully saturated rings. The third-order valence-corrected chi connectivity index (χ3v) is 2.42. The number of ether oxygens (including phenoxy) is 4. The molecular weight excluding hydrogens is 278 g/mol. The van der Waals surface area contributed by atoms with Gasteiger partial charge in [-0.2, -0.15) is 0 Å². The summed E-state index contributed by atoms with van der Waals surface area (Å²) in [7, 11) is 4.16. The zero-order valence-corrected chi connectivity index (χ0v) is 11.7. The van der Waals surface area contributed by atoms with Crippen LogP contribution in [0.4, 0.5) is 0 Å². The summed E-state index contributed by atoms with van der Waals surface area (Å²) in [6.07, 6.45) is 0. The van der Waals surface area contributed by atoms with Crippen LogP contribution < -0.4 is 14.2 Å². The zero-order valence-electron chi connectivity index (χ0n) is 11.7. The number of hydrogen-bond acceptors (Lipinski definition) is 8. The van der Waals surface area contributed by atoms with Crippen LogP contribution >= 0.6 is 0 Å². The minimum Gasteiger partial charge on any atom is -0.467 e. The molecule has 0 aliphatic heterocycles. The van der Waals surface area contributed by atoms with Gasteiger partial charge in [0.25, 0.3) is 0 Å². The van der Waals surface area contributed by atoms with E-state index in [1.807, 2.05) is 0 Å². The van der Waals surface area contributed by atoms with E-state index in [9.17, 15) is 4.79 Å². The molecule has 1 aromatic heterocycles. The van der Waals surface area contributed by atoms with E-state index < -0.39 is 5.97 Å². The van der Waals surface area contributed by atoms with Gasteiger partial charge in [-0.1, -0.05) is 0 Å². The SMILES string of the molecule is COC(=O)c1ccc(Oc2nc(OC)nc(OC)n2)cc1. The summed E-state index contributed by atoms with van der Waals surface area (Å²) >= 11 is 0. The quantitative estimate of drug-likeness (QED) is 0.764. The van der Waals surface area contributed by atoms with Crippen LogP contribution in [-0.2, 0) is 4.74 Å². The van der Waals surface area contributed by atoms with Gasteiger partial charge in [0.2, 0.25) is 0 Å². The van der Waals surface area contributed by atoms with Crippen molar-refractivity contribution in [2.75, 3.05) is 21.3 Å². The Bertz CT molecular complexity index is 608. The van der Waals surface area contributed by atoms with Crippen LogP contribution in [0, 0.1) is 0 Å². The van der Waals surface area contributed by atoms with Gasteiger partial charge in [-0.3, -0.25) is 0 Å². The van der Waals surface area contributed by atoms with E-state index in [0.29, 0.717) is 11.3 Å². The van der Waals surface area contributed by atoms with Crippen LogP contribution in [-0.4, -0.2) is 42.3 Å². The number of esters is 1. The van der Waals surface area contributed by atoms with Crippen molar-refractivity contribution in [1.82, 2.24) is 15.0 Å². The van der Waals surface area contributed by atoms with Crippen LogP contribution in [0.15, 0.2) is 24.3 Å². The smallest absolute Gasteiger partial charge is 0.337 e. The van der Waals surface area contributed by atoms with Crippen molar-refractivity contribution in [3.63, 3.8) is 0 Å². The number of benzene rings is 1. The molecule has 1 aromatic carbocycles. The van der Waals surface area contributed by atoms with E-state index in [-0.39, 0.29) is 18.0 Å². The Balaban J connectivity index is 2.19. The normalized spacial score (nSPS) is 9.86. The number of hydrogen-bond donors (Lipinski definition) is 0. The van der Waals surface area contributed by atoms with Gasteiger partial charge in [0, 0.05) is 0 Å². The average molecular weight is 291 g/mol. The first-order valence-corrected chi connectivity index (χ1v) is 5.86. The first-order valence-electron chi connectivity index (χ1n) is 5.86. The molecule has 8 nitrogen and oxygen atoms in total. The molecule has 0 saturated heterocycles. The van der Waals surface area contributed by atoms with E-state index in [0.717, 1.165) is 0 Å². The molecule has 0 spiro atoms. The summed E-state index contributed by atoms with van der Waals surface area (Å²) < 4.78 is 19.9. The van der Waals surface area contributed by atoms with Crippen LogP contribution in [0.1, 0.15) is 10.4 Å². The molecule has 0 bridgehead atoms. The number of nitrogens with zero attached hydrogens (tertiary/aromatic N) is 3. The standard InChI is InChI=1S/C13H13N3O5/c1-18-10(17)8-4-6-9(7-5-8)21-13-15-11(19-2)14-12(16-13)20-3/h4-7H,1-3H3. The Hall–Kier alpha value is -2.90. The molecule has 0 aliphatic rings. The van der Waals surface area contributed by atoms with E-state index in [1.165, 1.54) is 21.3 Å². The summed E-state index contributed by atoms with van der Waals surface area (Å²) in [5.41, 5.74) is 0.413. The fourth-order valence-corrected chi connectivity index (χ4v) is 1.43. The highest BCUT2D eigenvalue weighted by atomic mass is 16.5. The van der Waals surface area contributed by atoms with Gasteiger partial charge in [-0.05, 0) is 24.3 Å². The van der Waals surface area contributed by atoms with E-state index in [2.05, 4.69) is 19.7 Å². The summed E-state index contributed by atoms with van der Waals surface area (Å²) in [4.78, 5) is 23.0. The highest BCUT2D eigenvalue weighted by Crippen LogP contribution is 2.21. The molecule has 0 N–H and O–H groups in total. The van der Waals surface area contributed by atoms with E-state index >= 15 is 0 Å². The van der Waals surface area contributed by atoms with Gasteiger partial charge in [-0.25, -0.2) is 4.79 Å². The van der Waals surface area contributed by atoms with Gasteiger partial charge in [0.05, 0.1) is 26.9 Å². The molecule has 8 heteroatoms. The fourth-order valence-electron chi connectivity index (χ4n) is 1.43. The molecule has 0 radical (unpaired) electrons. The van der Waals surface area contributed by atoms with E-state index in [4.69, 9.17) is 14.2 Å². The molecule has 0 amide bonds. The monoisotopic (exact) mass is 291 g/mol. The molecule has 0 aliphatic carbocycles. The Kier molecular flexibility index (Phi) is 4.50. The zero-order chi connectivity index (χ0) is 15.2. The van der Waals surface area contributed by atoms with Gasteiger partial charge >= 0.3 is 24.0 Å². The van der Waals surface area contributed by atoms with Gasteiger partial charge in [-0.15, -0.1) is 15.0 Å². The number of methoxy groups -OCH3 is 3. The highest BCUT2D eigenvalue weighted by molar-refractivity contribution is 5.89. The summed E-state index contributed by atoms with van der Waals surface area (Å²) in [6, 6.07) is 6.48.